The Morgan fingerprint density at radius 2 is 2.33 bits per heavy atom. The van der Waals surface area contributed by atoms with Crippen LogP contribution in [0.5, 0.6) is 0 Å². The summed E-state index contributed by atoms with van der Waals surface area (Å²) < 4.78 is 0. The summed E-state index contributed by atoms with van der Waals surface area (Å²) in [6.45, 7) is -0.267. The topological polar surface area (TPSA) is 84.6 Å². The van der Waals surface area contributed by atoms with E-state index in [1.54, 1.807) is 0 Å². The highest BCUT2D eigenvalue weighted by Crippen LogP contribution is 1.52. The summed E-state index contributed by atoms with van der Waals surface area (Å²) in [4.78, 5) is 0. The number of nitrogens with zero attached hydrogens (tertiary/aromatic N) is 1. The smallest absolute Gasteiger partial charge is 0.145 e. The van der Waals surface area contributed by atoms with Crippen molar-refractivity contribution in [1.82, 2.24) is 0 Å². The molecule has 0 radical (unpaired) electrons. The molecular weight excluding hydrogens is 82.0 g/mol. The van der Waals surface area contributed by atoms with Crippen molar-refractivity contribution in [2.75, 3.05) is 6.61 Å². The van der Waals surface area contributed by atoms with Gasteiger partial charge in [0.05, 0.1) is 0 Å². The summed E-state index contributed by atoms with van der Waals surface area (Å²) in [5.41, 5.74) is 4.85. The molecule has 0 aliphatic heterocycles. The molecule has 0 spiro atoms. The molecule has 0 aliphatic carbocycles. The molecule has 0 rings (SSSR count). The molecule has 5 N–H and O–H groups in total. The van der Waals surface area contributed by atoms with Gasteiger partial charge in [-0.3, -0.25) is 0 Å². The van der Waals surface area contributed by atoms with E-state index in [-0.39, 0.29) is 12.4 Å². The molecule has 0 aliphatic rings. The first-order valence-corrected chi connectivity index (χ1v) is 1.44. The van der Waals surface area contributed by atoms with Gasteiger partial charge in [-0.2, -0.15) is 5.10 Å². The molecule has 0 bridgehead atoms. The maximum Gasteiger partial charge on any atom is 0.145 e. The summed E-state index contributed by atoms with van der Waals surface area (Å²) in [5, 5.41) is 11.0. The van der Waals surface area contributed by atoms with Gasteiger partial charge in [-0.25, -0.2) is 0 Å². The van der Waals surface area contributed by atoms with Crippen LogP contribution < -0.4 is 11.6 Å². The van der Waals surface area contributed by atoms with E-state index in [9.17, 15) is 0 Å². The Hall–Kier alpha value is -0.770. The summed E-state index contributed by atoms with van der Waals surface area (Å²) in [6.07, 6.45) is 0. The number of aliphatic hydroxyl groups excluding tert-OH is 1. The molecule has 0 aromatic rings. The molecule has 0 fully saturated rings. The molecule has 4 nitrogen and oxygen atoms in total. The lowest BCUT2D eigenvalue weighted by molar-refractivity contribution is 0.355. The van der Waals surface area contributed by atoms with Crippen LogP contribution in [0.15, 0.2) is 5.10 Å². The quantitative estimate of drug-likeness (QED) is 0.153. The molecule has 0 unspecified atom stereocenters. The zero-order chi connectivity index (χ0) is 4.99. The van der Waals surface area contributed by atoms with Gasteiger partial charge in [-0.15, -0.1) is 0 Å². The van der Waals surface area contributed by atoms with Crippen molar-refractivity contribution in [3.8, 4) is 0 Å². The molecule has 6 heavy (non-hydrogen) atoms. The monoisotopic (exact) mass is 89.1 g/mol. The number of rotatable bonds is 1. The highest BCUT2D eigenvalue weighted by Gasteiger charge is 1.78. The van der Waals surface area contributed by atoms with Crippen LogP contribution in [-0.2, 0) is 0 Å². The summed E-state index contributed by atoms with van der Waals surface area (Å²) in [7, 11) is 0. The van der Waals surface area contributed by atoms with E-state index >= 15 is 0 Å². The first kappa shape index (κ1) is 5.23. The number of hydrogen-bond donors (Lipinski definition) is 3. The second-order valence-corrected chi connectivity index (χ2v) is 0.779. The van der Waals surface area contributed by atoms with Crippen molar-refractivity contribution in [3.05, 3.63) is 0 Å². The largest absolute Gasteiger partial charge is 0.388 e. The lowest BCUT2D eigenvalue weighted by atomic mass is 10.7. The van der Waals surface area contributed by atoms with Crippen LogP contribution in [0.25, 0.3) is 0 Å². The standard InChI is InChI=1S/C2H7N3O/c3-2(1-6)5-4/h6H,1,4H2,(H2,3,5). The molecule has 0 amide bonds. The Kier molecular flexibility index (Phi) is 2.15. The normalized spacial score (nSPS) is 11.8. The van der Waals surface area contributed by atoms with E-state index in [1.165, 1.54) is 0 Å². The zero-order valence-corrected chi connectivity index (χ0v) is 3.26. The molecule has 0 aromatic carbocycles. The van der Waals surface area contributed by atoms with Gasteiger partial charge >= 0.3 is 0 Å². The number of aliphatic hydroxyl groups is 1. The number of hydrogen-bond acceptors (Lipinski definition) is 3. The third kappa shape index (κ3) is 1.54. The van der Waals surface area contributed by atoms with Crippen molar-refractivity contribution < 1.29 is 5.11 Å². The van der Waals surface area contributed by atoms with Gasteiger partial charge in [0.2, 0.25) is 0 Å². The average Bonchev–Trinajstić information content (AvgIpc) is 1.65. The van der Waals surface area contributed by atoms with Crippen molar-refractivity contribution in [3.63, 3.8) is 0 Å². The van der Waals surface area contributed by atoms with Gasteiger partial charge in [0.15, 0.2) is 0 Å². The second-order valence-electron chi connectivity index (χ2n) is 0.779. The van der Waals surface area contributed by atoms with Gasteiger partial charge < -0.3 is 16.7 Å². The molecular formula is C2H7N3O. The number of hydrazone groups is 1. The minimum atomic E-state index is -0.267. The van der Waals surface area contributed by atoms with E-state index in [1.807, 2.05) is 0 Å². The van der Waals surface area contributed by atoms with E-state index in [0.29, 0.717) is 0 Å². The lowest BCUT2D eigenvalue weighted by Gasteiger charge is -1.84. The summed E-state index contributed by atoms with van der Waals surface area (Å²) in [6, 6.07) is 0. The van der Waals surface area contributed by atoms with Gasteiger partial charge in [0.1, 0.15) is 12.4 Å². The summed E-state index contributed by atoms with van der Waals surface area (Å²) >= 11 is 0. The second kappa shape index (κ2) is 2.47. The average molecular weight is 89.1 g/mol. The minimum absolute atomic E-state index is 0.0509. The maximum atomic E-state index is 8.00. The maximum absolute atomic E-state index is 8.00. The molecule has 0 aromatic heterocycles. The third-order valence-electron chi connectivity index (χ3n) is 0.328. The van der Waals surface area contributed by atoms with E-state index in [2.05, 4.69) is 10.9 Å². The molecule has 36 valence electrons. The predicted molar refractivity (Wildman–Crippen MR) is 22.9 cm³/mol. The van der Waals surface area contributed by atoms with Crippen LogP contribution in [-0.4, -0.2) is 17.5 Å². The van der Waals surface area contributed by atoms with Crippen LogP contribution >= 0.6 is 0 Å². The molecule has 0 atom stereocenters. The Labute approximate surface area is 35.4 Å². The third-order valence-corrected chi connectivity index (χ3v) is 0.328. The van der Waals surface area contributed by atoms with E-state index in [0.717, 1.165) is 0 Å². The van der Waals surface area contributed by atoms with E-state index in [4.69, 9.17) is 10.8 Å². The fourth-order valence-electron chi connectivity index (χ4n) is 0.0408. The first-order valence-electron chi connectivity index (χ1n) is 1.44. The molecule has 0 saturated heterocycles. The van der Waals surface area contributed by atoms with Gasteiger partial charge in [0.25, 0.3) is 0 Å². The van der Waals surface area contributed by atoms with Crippen molar-refractivity contribution in [2.45, 2.75) is 0 Å². The minimum Gasteiger partial charge on any atom is -0.388 e. The van der Waals surface area contributed by atoms with Crippen molar-refractivity contribution in [2.24, 2.45) is 16.7 Å². The molecule has 0 heterocycles. The number of nitrogens with two attached hydrogens (primary N) is 2. The van der Waals surface area contributed by atoms with Crippen LogP contribution in [0.1, 0.15) is 0 Å². The lowest BCUT2D eigenvalue weighted by Crippen LogP contribution is -2.17. The Balaban J connectivity index is 3.22. The Bertz CT molecular complexity index is 59.8. The molecule has 0 saturated carbocycles. The van der Waals surface area contributed by atoms with Gasteiger partial charge in [-0.1, -0.05) is 0 Å². The van der Waals surface area contributed by atoms with Crippen LogP contribution in [0.4, 0.5) is 0 Å². The fraction of sp³-hybridized carbons (Fsp3) is 0.500. The van der Waals surface area contributed by atoms with Crippen LogP contribution in [0, 0.1) is 0 Å². The Morgan fingerprint density at radius 3 is 2.33 bits per heavy atom. The predicted octanol–water partition coefficient (Wildman–Crippen LogP) is -1.79. The summed E-state index contributed by atoms with van der Waals surface area (Å²) in [5.74, 6) is 4.64. The highest BCUT2D eigenvalue weighted by atomic mass is 16.3. The molecule has 4 heteroatoms. The highest BCUT2D eigenvalue weighted by molar-refractivity contribution is 5.80. The van der Waals surface area contributed by atoms with Crippen LogP contribution in [0.3, 0.4) is 0 Å². The van der Waals surface area contributed by atoms with Gasteiger partial charge in [0, 0.05) is 0 Å². The van der Waals surface area contributed by atoms with Crippen LogP contribution in [0.2, 0.25) is 0 Å². The SMILES string of the molecule is N/N=C(\N)CO. The van der Waals surface area contributed by atoms with Crippen molar-refractivity contribution >= 4 is 5.84 Å². The fourth-order valence-corrected chi connectivity index (χ4v) is 0.0408. The Morgan fingerprint density at radius 1 is 1.83 bits per heavy atom. The van der Waals surface area contributed by atoms with Crippen molar-refractivity contribution in [1.29, 1.82) is 0 Å². The zero-order valence-electron chi connectivity index (χ0n) is 3.26. The number of amidine groups is 1. The first-order chi connectivity index (χ1) is 2.81. The van der Waals surface area contributed by atoms with E-state index < -0.39 is 0 Å². The van der Waals surface area contributed by atoms with Gasteiger partial charge in [-0.05, 0) is 0 Å².